The molecule has 3 nitrogen and oxygen atoms in total. The number of rotatable bonds is 6. The van der Waals surface area contributed by atoms with E-state index in [9.17, 15) is 0 Å². The van der Waals surface area contributed by atoms with Crippen LogP contribution in [0.5, 0.6) is 0 Å². The fraction of sp³-hybridized carbons (Fsp3) is 0. The molecular formula is C60H38N2O. The number of aromatic nitrogens is 2. The second-order valence-corrected chi connectivity index (χ2v) is 16.5. The summed E-state index contributed by atoms with van der Waals surface area (Å²) >= 11 is 0. The molecule has 0 aliphatic heterocycles. The molecule has 3 heteroatoms. The molecule has 63 heavy (non-hydrogen) atoms. The average molecular weight is 803 g/mol. The van der Waals surface area contributed by atoms with Crippen LogP contribution >= 0.6 is 0 Å². The van der Waals surface area contributed by atoms with E-state index in [4.69, 9.17) is 4.42 Å². The number of fused-ring (bicyclic) bond motifs is 9. The van der Waals surface area contributed by atoms with Gasteiger partial charge in [-0.15, -0.1) is 0 Å². The summed E-state index contributed by atoms with van der Waals surface area (Å²) in [4.78, 5) is 0. The smallest absolute Gasteiger partial charge is 0.135 e. The fourth-order valence-corrected chi connectivity index (χ4v) is 10.1. The minimum atomic E-state index is 0.895. The summed E-state index contributed by atoms with van der Waals surface area (Å²) in [5.74, 6) is 0. The first-order valence-electron chi connectivity index (χ1n) is 21.6. The molecule has 0 amide bonds. The molecule has 0 fully saturated rings. The maximum absolute atomic E-state index is 6.26. The number of furan rings is 1. The highest BCUT2D eigenvalue weighted by molar-refractivity contribution is 6.19. The Bertz CT molecular complexity index is 3890. The Labute approximate surface area is 363 Å². The molecule has 0 bridgehead atoms. The van der Waals surface area contributed by atoms with E-state index in [1.165, 1.54) is 60.4 Å². The molecule has 0 aliphatic carbocycles. The number of hydrogen-bond acceptors (Lipinski definition) is 1. The quantitative estimate of drug-likeness (QED) is 0.164. The van der Waals surface area contributed by atoms with Gasteiger partial charge >= 0.3 is 0 Å². The van der Waals surface area contributed by atoms with E-state index < -0.39 is 0 Å². The van der Waals surface area contributed by atoms with Crippen molar-refractivity contribution in [3.63, 3.8) is 0 Å². The van der Waals surface area contributed by atoms with Gasteiger partial charge in [0.05, 0.1) is 22.1 Å². The molecule has 3 aromatic heterocycles. The molecule has 13 rings (SSSR count). The zero-order valence-electron chi connectivity index (χ0n) is 34.2. The van der Waals surface area contributed by atoms with Crippen molar-refractivity contribution in [3.8, 4) is 55.9 Å². The van der Waals surface area contributed by atoms with Crippen LogP contribution in [-0.2, 0) is 0 Å². The molecule has 0 spiro atoms. The summed E-state index contributed by atoms with van der Waals surface area (Å²) in [6.45, 7) is 0. The van der Waals surface area contributed by atoms with Crippen molar-refractivity contribution >= 4 is 65.6 Å². The number of benzene rings is 10. The van der Waals surface area contributed by atoms with Crippen molar-refractivity contribution < 1.29 is 4.42 Å². The largest absolute Gasteiger partial charge is 0.456 e. The first kappa shape index (κ1) is 35.4. The number of hydrogen-bond donors (Lipinski definition) is 0. The van der Waals surface area contributed by atoms with E-state index in [0.717, 1.165) is 61.0 Å². The van der Waals surface area contributed by atoms with Crippen molar-refractivity contribution in [2.45, 2.75) is 0 Å². The first-order valence-corrected chi connectivity index (χ1v) is 21.6. The molecule has 0 saturated carbocycles. The van der Waals surface area contributed by atoms with Gasteiger partial charge < -0.3 is 13.6 Å². The highest BCUT2D eigenvalue weighted by Crippen LogP contribution is 2.46. The molecule has 3 heterocycles. The number of nitrogens with zero attached hydrogens (tertiary/aromatic N) is 2. The minimum absolute atomic E-state index is 0.895. The van der Waals surface area contributed by atoms with Gasteiger partial charge in [0.15, 0.2) is 0 Å². The van der Waals surface area contributed by atoms with Crippen molar-refractivity contribution in [3.05, 3.63) is 231 Å². The van der Waals surface area contributed by atoms with E-state index in [0.29, 0.717) is 0 Å². The second-order valence-electron chi connectivity index (χ2n) is 16.5. The van der Waals surface area contributed by atoms with Gasteiger partial charge in [-0.05, 0) is 123 Å². The third-order valence-corrected chi connectivity index (χ3v) is 12.9. The molecule has 0 aliphatic rings. The van der Waals surface area contributed by atoms with Gasteiger partial charge in [-0.1, -0.05) is 152 Å². The molecule has 0 saturated heterocycles. The Morgan fingerprint density at radius 1 is 0.254 bits per heavy atom. The zero-order chi connectivity index (χ0) is 41.4. The van der Waals surface area contributed by atoms with E-state index in [-0.39, 0.29) is 0 Å². The Kier molecular flexibility index (Phi) is 7.91. The lowest BCUT2D eigenvalue weighted by atomic mass is 9.90. The normalized spacial score (nSPS) is 11.8. The summed E-state index contributed by atoms with van der Waals surface area (Å²) in [7, 11) is 0. The lowest BCUT2D eigenvalue weighted by molar-refractivity contribution is 0.669. The molecule has 13 aromatic rings. The van der Waals surface area contributed by atoms with Crippen LogP contribution in [0.1, 0.15) is 0 Å². The molecule has 10 aromatic carbocycles. The third kappa shape index (κ3) is 5.60. The summed E-state index contributed by atoms with van der Waals surface area (Å²) in [6.07, 6.45) is 0. The molecule has 294 valence electrons. The Hall–Kier alpha value is -8.40. The van der Waals surface area contributed by atoms with Crippen molar-refractivity contribution in [1.82, 2.24) is 9.13 Å². The van der Waals surface area contributed by atoms with Crippen LogP contribution < -0.4 is 0 Å². The van der Waals surface area contributed by atoms with Crippen molar-refractivity contribution in [2.75, 3.05) is 0 Å². The minimum Gasteiger partial charge on any atom is -0.456 e. The second kappa shape index (κ2) is 14.1. The van der Waals surface area contributed by atoms with E-state index >= 15 is 0 Å². The Balaban J connectivity index is 1.09. The molecule has 0 unspecified atom stereocenters. The summed E-state index contributed by atoms with van der Waals surface area (Å²) in [5, 5.41) is 7.16. The van der Waals surface area contributed by atoms with Crippen LogP contribution in [0.2, 0.25) is 0 Å². The van der Waals surface area contributed by atoms with Gasteiger partial charge in [0, 0.05) is 43.7 Å². The predicted octanol–water partition coefficient (Wildman–Crippen LogP) is 16.4. The predicted molar refractivity (Wildman–Crippen MR) is 264 cm³/mol. The first-order chi connectivity index (χ1) is 31.2. The van der Waals surface area contributed by atoms with Crippen LogP contribution in [0, 0.1) is 0 Å². The highest BCUT2D eigenvalue weighted by atomic mass is 16.3. The lowest BCUT2D eigenvalue weighted by Crippen LogP contribution is -1.96. The van der Waals surface area contributed by atoms with Gasteiger partial charge in [0.2, 0.25) is 0 Å². The monoisotopic (exact) mass is 802 g/mol. The highest BCUT2D eigenvalue weighted by Gasteiger charge is 2.22. The van der Waals surface area contributed by atoms with Gasteiger partial charge in [-0.25, -0.2) is 0 Å². The van der Waals surface area contributed by atoms with Gasteiger partial charge in [-0.3, -0.25) is 0 Å². The number of para-hydroxylation sites is 4. The van der Waals surface area contributed by atoms with Crippen LogP contribution in [0.3, 0.4) is 0 Å². The molecule has 0 atom stereocenters. The maximum Gasteiger partial charge on any atom is 0.135 e. The topological polar surface area (TPSA) is 23.0 Å². The summed E-state index contributed by atoms with van der Waals surface area (Å²) < 4.78 is 11.1. The molecule has 0 N–H and O–H groups in total. The van der Waals surface area contributed by atoms with Crippen LogP contribution in [0.25, 0.3) is 121 Å². The molecule has 0 radical (unpaired) electrons. The van der Waals surface area contributed by atoms with Crippen LogP contribution in [0.15, 0.2) is 235 Å². The SMILES string of the molecule is c1ccc(-c2cc(-c3ccc4oc5ccccc5c4c3)cc(-n3c4ccccc4c4c(-c5cc6c7ccccc7n(-c7ccccc7)c6cc5-c5ccccc5)cccc43)c2)cc1. The lowest BCUT2D eigenvalue weighted by Gasteiger charge is -2.16. The molecular weight excluding hydrogens is 765 g/mol. The van der Waals surface area contributed by atoms with Crippen molar-refractivity contribution in [2.24, 2.45) is 0 Å². The third-order valence-electron chi connectivity index (χ3n) is 12.9. The van der Waals surface area contributed by atoms with Gasteiger partial charge in [0.25, 0.3) is 0 Å². The van der Waals surface area contributed by atoms with E-state index in [2.05, 4.69) is 228 Å². The fourth-order valence-electron chi connectivity index (χ4n) is 10.1. The standard InChI is InChI=1S/C60H38N2O/c1-4-17-39(18-5-1)42-33-43(41-31-32-59-53(36-41)47-24-12-15-30-58(47)63-59)35-45(34-42)62-55-28-14-11-25-49(55)60-48(26-16-29-56(60)62)51-37-52-46-23-10-13-27-54(46)61(44-21-8-3-9-22-44)57(52)38-50(51)40-19-6-2-7-20-40/h1-38H. The van der Waals surface area contributed by atoms with Crippen molar-refractivity contribution in [1.29, 1.82) is 0 Å². The summed E-state index contributed by atoms with van der Waals surface area (Å²) in [6, 6.07) is 83.7. The van der Waals surface area contributed by atoms with Crippen LogP contribution in [0.4, 0.5) is 0 Å². The van der Waals surface area contributed by atoms with Crippen LogP contribution in [-0.4, -0.2) is 9.13 Å². The Morgan fingerprint density at radius 2 is 0.841 bits per heavy atom. The summed E-state index contributed by atoms with van der Waals surface area (Å²) in [5.41, 5.74) is 18.2. The van der Waals surface area contributed by atoms with Gasteiger partial charge in [0.1, 0.15) is 11.2 Å². The van der Waals surface area contributed by atoms with Gasteiger partial charge in [-0.2, -0.15) is 0 Å². The maximum atomic E-state index is 6.26. The average Bonchev–Trinajstić information content (AvgIpc) is 4.01. The van der Waals surface area contributed by atoms with E-state index in [1.807, 2.05) is 12.1 Å². The Morgan fingerprint density at radius 3 is 1.62 bits per heavy atom. The van der Waals surface area contributed by atoms with E-state index in [1.54, 1.807) is 0 Å². The zero-order valence-corrected chi connectivity index (χ0v) is 34.2.